The Morgan fingerprint density at radius 1 is 1.26 bits per heavy atom. The summed E-state index contributed by atoms with van der Waals surface area (Å²) in [6.45, 7) is 6.01. The summed E-state index contributed by atoms with van der Waals surface area (Å²) in [5.41, 5.74) is 4.80. The molecule has 0 amide bonds. The molecule has 0 radical (unpaired) electrons. The molecule has 1 aliphatic rings. The Kier molecular flexibility index (Phi) is 6.68. The molecule has 2 aromatic carbocycles. The lowest BCUT2D eigenvalue weighted by Gasteiger charge is -2.28. The van der Waals surface area contributed by atoms with Gasteiger partial charge in [0.05, 0.1) is 18.2 Å². The highest BCUT2D eigenvalue weighted by molar-refractivity contribution is 7.80. The molecule has 0 spiro atoms. The SMILES string of the molecule is CCc1ccc(NC(=S)N(Cc2cc3cccc(C)c3[nH]c2=O)CC2CCCO2)cc1. The van der Waals surface area contributed by atoms with E-state index >= 15 is 0 Å². The van der Waals surface area contributed by atoms with E-state index in [1.807, 2.05) is 48.2 Å². The predicted molar refractivity (Wildman–Crippen MR) is 131 cm³/mol. The third-order valence-corrected chi connectivity index (χ3v) is 6.24. The van der Waals surface area contributed by atoms with Crippen LogP contribution in [0.15, 0.2) is 53.3 Å². The van der Waals surface area contributed by atoms with E-state index in [9.17, 15) is 4.79 Å². The van der Waals surface area contributed by atoms with Crippen molar-refractivity contribution in [1.29, 1.82) is 0 Å². The highest BCUT2D eigenvalue weighted by Crippen LogP contribution is 2.19. The second-order valence-corrected chi connectivity index (χ2v) is 8.55. The Bertz CT molecular complexity index is 1120. The summed E-state index contributed by atoms with van der Waals surface area (Å²) in [5.74, 6) is 0. The molecule has 6 heteroatoms. The predicted octanol–water partition coefficient (Wildman–Crippen LogP) is 4.78. The molecule has 0 saturated carbocycles. The molecule has 1 aromatic heterocycles. The van der Waals surface area contributed by atoms with Gasteiger partial charge in [-0.3, -0.25) is 4.79 Å². The minimum Gasteiger partial charge on any atom is -0.376 e. The number of hydrogen-bond acceptors (Lipinski definition) is 3. The molecule has 4 rings (SSSR count). The number of H-pyrrole nitrogens is 1. The summed E-state index contributed by atoms with van der Waals surface area (Å²) in [6, 6.07) is 16.3. The van der Waals surface area contributed by atoms with Crippen molar-refractivity contribution < 1.29 is 4.74 Å². The molecule has 1 atom stereocenters. The van der Waals surface area contributed by atoms with Gasteiger partial charge in [0.15, 0.2) is 5.11 Å². The van der Waals surface area contributed by atoms with Gasteiger partial charge in [-0.25, -0.2) is 0 Å². The van der Waals surface area contributed by atoms with E-state index in [1.54, 1.807) is 0 Å². The fourth-order valence-electron chi connectivity index (χ4n) is 4.03. The number of nitrogens with zero attached hydrogens (tertiary/aromatic N) is 1. The zero-order valence-electron chi connectivity index (χ0n) is 18.1. The van der Waals surface area contributed by atoms with Crippen LogP contribution in [0.4, 0.5) is 5.69 Å². The molecule has 1 aliphatic heterocycles. The summed E-state index contributed by atoms with van der Waals surface area (Å²) in [5, 5.41) is 4.97. The molecule has 2 heterocycles. The highest BCUT2D eigenvalue weighted by atomic mass is 32.1. The van der Waals surface area contributed by atoms with Gasteiger partial charge in [-0.05, 0) is 73.1 Å². The van der Waals surface area contributed by atoms with Crippen LogP contribution in [0.3, 0.4) is 0 Å². The average molecular weight is 436 g/mol. The molecule has 0 aliphatic carbocycles. The number of aryl methyl sites for hydroxylation is 2. The topological polar surface area (TPSA) is 57.4 Å². The van der Waals surface area contributed by atoms with Crippen molar-refractivity contribution in [3.8, 4) is 0 Å². The number of anilines is 1. The third-order valence-electron chi connectivity index (χ3n) is 5.87. The van der Waals surface area contributed by atoms with Crippen molar-refractivity contribution in [3.63, 3.8) is 0 Å². The first-order valence-electron chi connectivity index (χ1n) is 10.9. The number of pyridine rings is 1. The summed E-state index contributed by atoms with van der Waals surface area (Å²) in [7, 11) is 0. The third kappa shape index (κ3) is 5.14. The number of aromatic amines is 1. The number of fused-ring (bicyclic) bond motifs is 1. The monoisotopic (exact) mass is 435 g/mol. The Morgan fingerprint density at radius 2 is 2.06 bits per heavy atom. The van der Waals surface area contributed by atoms with Gasteiger partial charge in [0, 0.05) is 24.4 Å². The zero-order valence-corrected chi connectivity index (χ0v) is 18.9. The normalized spacial score (nSPS) is 15.9. The van der Waals surface area contributed by atoms with E-state index in [1.165, 1.54) is 5.56 Å². The van der Waals surface area contributed by atoms with Crippen LogP contribution >= 0.6 is 12.2 Å². The minimum atomic E-state index is -0.0748. The van der Waals surface area contributed by atoms with E-state index in [0.717, 1.165) is 48.0 Å². The van der Waals surface area contributed by atoms with E-state index < -0.39 is 0 Å². The Labute approximate surface area is 188 Å². The molecule has 1 fully saturated rings. The Hall–Kier alpha value is -2.70. The number of hydrogen-bond donors (Lipinski definition) is 2. The highest BCUT2D eigenvalue weighted by Gasteiger charge is 2.22. The van der Waals surface area contributed by atoms with E-state index in [-0.39, 0.29) is 11.7 Å². The summed E-state index contributed by atoms with van der Waals surface area (Å²) in [6.07, 6.45) is 3.20. The van der Waals surface area contributed by atoms with Crippen LogP contribution in [0.1, 0.15) is 36.5 Å². The van der Waals surface area contributed by atoms with Crippen molar-refractivity contribution in [2.45, 2.75) is 45.8 Å². The molecule has 31 heavy (non-hydrogen) atoms. The number of thiocarbonyl (C=S) groups is 1. The van der Waals surface area contributed by atoms with Crippen molar-refractivity contribution in [2.75, 3.05) is 18.5 Å². The maximum Gasteiger partial charge on any atom is 0.253 e. The van der Waals surface area contributed by atoms with Gasteiger partial charge < -0.3 is 19.9 Å². The van der Waals surface area contributed by atoms with Crippen molar-refractivity contribution in [3.05, 3.63) is 75.6 Å². The number of para-hydroxylation sites is 1. The maximum absolute atomic E-state index is 12.8. The number of benzene rings is 2. The van der Waals surface area contributed by atoms with Crippen LogP contribution < -0.4 is 10.9 Å². The minimum absolute atomic E-state index is 0.0748. The van der Waals surface area contributed by atoms with Gasteiger partial charge in [-0.15, -0.1) is 0 Å². The molecular weight excluding hydrogens is 406 g/mol. The first-order chi connectivity index (χ1) is 15.0. The number of ether oxygens (including phenoxy) is 1. The van der Waals surface area contributed by atoms with Gasteiger partial charge in [0.1, 0.15) is 0 Å². The molecule has 5 nitrogen and oxygen atoms in total. The Morgan fingerprint density at radius 3 is 2.77 bits per heavy atom. The fraction of sp³-hybridized carbons (Fsp3) is 0.360. The van der Waals surface area contributed by atoms with Crippen molar-refractivity contribution >= 4 is 33.9 Å². The summed E-state index contributed by atoms with van der Waals surface area (Å²) in [4.78, 5) is 17.9. The standard InChI is InChI=1S/C25H29N3O2S/c1-3-18-9-11-21(12-10-18)26-25(31)28(16-22-8-5-13-30-22)15-20-14-19-7-4-6-17(2)23(19)27-24(20)29/h4,6-7,9-12,14,22H,3,5,8,13,15-16H2,1-2H3,(H,26,31)(H,27,29). The van der Waals surface area contributed by atoms with Crippen molar-refractivity contribution in [1.82, 2.24) is 9.88 Å². The molecule has 1 saturated heterocycles. The molecule has 3 aromatic rings. The average Bonchev–Trinajstić information content (AvgIpc) is 3.28. The second kappa shape index (κ2) is 9.62. The molecule has 162 valence electrons. The largest absolute Gasteiger partial charge is 0.376 e. The molecular formula is C25H29N3O2S. The van der Waals surface area contributed by atoms with Gasteiger partial charge >= 0.3 is 0 Å². The molecule has 1 unspecified atom stereocenters. The number of aromatic nitrogens is 1. The Balaban J connectivity index is 1.58. The maximum atomic E-state index is 12.8. The van der Waals surface area contributed by atoms with Gasteiger partial charge in [0.25, 0.3) is 5.56 Å². The van der Waals surface area contributed by atoms with Crippen LogP contribution in [0, 0.1) is 6.92 Å². The van der Waals surface area contributed by atoms with Crippen LogP contribution in [-0.4, -0.2) is 34.3 Å². The molecule has 2 N–H and O–H groups in total. The lowest BCUT2D eigenvalue weighted by atomic mass is 10.1. The van der Waals surface area contributed by atoms with Crippen LogP contribution in [0.25, 0.3) is 10.9 Å². The first-order valence-corrected chi connectivity index (χ1v) is 11.3. The quantitative estimate of drug-likeness (QED) is 0.546. The van der Waals surface area contributed by atoms with Gasteiger partial charge in [-0.2, -0.15) is 0 Å². The lowest BCUT2D eigenvalue weighted by molar-refractivity contribution is 0.0904. The van der Waals surface area contributed by atoms with Crippen LogP contribution in [0.5, 0.6) is 0 Å². The molecule has 0 bridgehead atoms. The lowest BCUT2D eigenvalue weighted by Crippen LogP contribution is -2.40. The van der Waals surface area contributed by atoms with Crippen LogP contribution in [-0.2, 0) is 17.7 Å². The fourth-order valence-corrected chi connectivity index (χ4v) is 4.29. The first kappa shape index (κ1) is 21.5. The van der Waals surface area contributed by atoms with Crippen LogP contribution in [0.2, 0.25) is 0 Å². The van der Waals surface area contributed by atoms with E-state index in [2.05, 4.69) is 29.4 Å². The number of rotatable bonds is 6. The van der Waals surface area contributed by atoms with Crippen molar-refractivity contribution in [2.24, 2.45) is 0 Å². The smallest absolute Gasteiger partial charge is 0.253 e. The zero-order chi connectivity index (χ0) is 21.8. The number of nitrogens with one attached hydrogen (secondary N) is 2. The van der Waals surface area contributed by atoms with Gasteiger partial charge in [-0.1, -0.05) is 37.3 Å². The second-order valence-electron chi connectivity index (χ2n) is 8.16. The summed E-state index contributed by atoms with van der Waals surface area (Å²) < 4.78 is 5.85. The van der Waals surface area contributed by atoms with E-state index in [0.29, 0.717) is 23.8 Å². The summed E-state index contributed by atoms with van der Waals surface area (Å²) >= 11 is 5.76. The van der Waals surface area contributed by atoms with Gasteiger partial charge in [0.2, 0.25) is 0 Å². The van der Waals surface area contributed by atoms with E-state index in [4.69, 9.17) is 17.0 Å².